The highest BCUT2D eigenvalue weighted by Crippen LogP contribution is 2.26. The standard InChI is InChI=1S/C16H21ClN2O2/c1-2-7-18-8-10-19(11-9-18)15-5-4-14(17)12-13(15)3-6-16(20)21/h3-6,12H,2,7-11H2,1H3,(H,20,21)/b6-3+. The first-order valence-corrected chi connectivity index (χ1v) is 7.66. The highest BCUT2D eigenvalue weighted by Gasteiger charge is 2.18. The van der Waals surface area contributed by atoms with E-state index in [4.69, 9.17) is 16.7 Å². The van der Waals surface area contributed by atoms with Gasteiger partial charge < -0.3 is 10.0 Å². The predicted octanol–water partition coefficient (Wildman–Crippen LogP) is 2.97. The Bertz CT molecular complexity index is 523. The monoisotopic (exact) mass is 308 g/mol. The Morgan fingerprint density at radius 2 is 2.05 bits per heavy atom. The molecule has 1 aromatic carbocycles. The molecule has 2 rings (SSSR count). The molecule has 0 unspecified atom stereocenters. The normalized spacial score (nSPS) is 16.6. The average Bonchev–Trinajstić information content (AvgIpc) is 2.46. The maximum atomic E-state index is 10.7. The van der Waals surface area contributed by atoms with Crippen molar-refractivity contribution in [3.05, 3.63) is 34.9 Å². The van der Waals surface area contributed by atoms with Crippen molar-refractivity contribution in [2.75, 3.05) is 37.6 Å². The number of piperazine rings is 1. The quantitative estimate of drug-likeness (QED) is 0.849. The molecule has 1 fully saturated rings. The number of hydrogen-bond acceptors (Lipinski definition) is 3. The maximum Gasteiger partial charge on any atom is 0.328 e. The van der Waals surface area contributed by atoms with E-state index < -0.39 is 5.97 Å². The Hall–Kier alpha value is -1.52. The van der Waals surface area contributed by atoms with Crippen LogP contribution in [0.1, 0.15) is 18.9 Å². The van der Waals surface area contributed by atoms with Gasteiger partial charge in [-0.05, 0) is 42.8 Å². The molecule has 0 spiro atoms. The van der Waals surface area contributed by atoms with E-state index in [1.54, 1.807) is 6.08 Å². The molecule has 21 heavy (non-hydrogen) atoms. The molecule has 1 N–H and O–H groups in total. The van der Waals surface area contributed by atoms with Crippen LogP contribution in [0.2, 0.25) is 5.02 Å². The molecule has 5 heteroatoms. The van der Waals surface area contributed by atoms with Crippen molar-refractivity contribution in [2.45, 2.75) is 13.3 Å². The fraction of sp³-hybridized carbons (Fsp3) is 0.438. The zero-order chi connectivity index (χ0) is 15.2. The summed E-state index contributed by atoms with van der Waals surface area (Å²) in [5.41, 5.74) is 1.90. The largest absolute Gasteiger partial charge is 0.478 e. The number of rotatable bonds is 5. The highest BCUT2D eigenvalue weighted by atomic mass is 35.5. The molecule has 1 aliphatic heterocycles. The molecule has 0 radical (unpaired) electrons. The third-order valence-corrected chi connectivity index (χ3v) is 3.88. The van der Waals surface area contributed by atoms with Gasteiger partial charge in [0.15, 0.2) is 0 Å². The lowest BCUT2D eigenvalue weighted by molar-refractivity contribution is -0.131. The van der Waals surface area contributed by atoms with Crippen molar-refractivity contribution >= 4 is 29.3 Å². The second kappa shape index (κ2) is 7.48. The molecule has 1 aromatic rings. The molecule has 1 heterocycles. The molecule has 4 nitrogen and oxygen atoms in total. The van der Waals surface area contributed by atoms with E-state index in [0.717, 1.165) is 50.1 Å². The van der Waals surface area contributed by atoms with Crippen molar-refractivity contribution in [1.82, 2.24) is 4.90 Å². The highest BCUT2D eigenvalue weighted by molar-refractivity contribution is 6.30. The number of aliphatic carboxylic acids is 1. The molecule has 0 aliphatic carbocycles. The van der Waals surface area contributed by atoms with E-state index in [1.165, 1.54) is 6.42 Å². The molecular weight excluding hydrogens is 288 g/mol. The van der Waals surface area contributed by atoms with Crippen LogP contribution >= 0.6 is 11.6 Å². The summed E-state index contributed by atoms with van der Waals surface area (Å²) in [6, 6.07) is 5.64. The molecule has 0 atom stereocenters. The lowest BCUT2D eigenvalue weighted by Gasteiger charge is -2.36. The summed E-state index contributed by atoms with van der Waals surface area (Å²) in [6.07, 6.45) is 3.94. The number of carboxylic acids is 1. The first-order valence-electron chi connectivity index (χ1n) is 7.28. The van der Waals surface area contributed by atoms with Gasteiger partial charge in [0.05, 0.1) is 0 Å². The third kappa shape index (κ3) is 4.48. The summed E-state index contributed by atoms with van der Waals surface area (Å²) in [4.78, 5) is 15.5. The van der Waals surface area contributed by atoms with E-state index in [2.05, 4.69) is 16.7 Å². The minimum absolute atomic E-state index is 0.619. The fourth-order valence-electron chi connectivity index (χ4n) is 2.64. The van der Waals surface area contributed by atoms with Gasteiger partial charge in [0.1, 0.15) is 0 Å². The van der Waals surface area contributed by atoms with Gasteiger partial charge in [-0.15, -0.1) is 0 Å². The number of nitrogens with zero attached hydrogens (tertiary/aromatic N) is 2. The number of anilines is 1. The minimum Gasteiger partial charge on any atom is -0.478 e. The second-order valence-corrected chi connectivity index (χ2v) is 5.64. The lowest BCUT2D eigenvalue weighted by Crippen LogP contribution is -2.46. The predicted molar refractivity (Wildman–Crippen MR) is 87.1 cm³/mol. The molecule has 0 amide bonds. The number of carboxylic acid groups (broad SMARTS) is 1. The van der Waals surface area contributed by atoms with Gasteiger partial charge in [-0.2, -0.15) is 0 Å². The average molecular weight is 309 g/mol. The van der Waals surface area contributed by atoms with Crippen LogP contribution in [-0.4, -0.2) is 48.7 Å². The summed E-state index contributed by atoms with van der Waals surface area (Å²) < 4.78 is 0. The number of halogens is 1. The third-order valence-electron chi connectivity index (χ3n) is 3.65. The van der Waals surface area contributed by atoms with Crippen LogP contribution in [0.15, 0.2) is 24.3 Å². The van der Waals surface area contributed by atoms with E-state index in [9.17, 15) is 4.79 Å². The summed E-state index contributed by atoms with van der Waals surface area (Å²) in [6.45, 7) is 7.32. The van der Waals surface area contributed by atoms with E-state index >= 15 is 0 Å². The van der Waals surface area contributed by atoms with Crippen LogP contribution in [0.4, 0.5) is 5.69 Å². The van der Waals surface area contributed by atoms with Gasteiger partial charge in [-0.25, -0.2) is 4.79 Å². The van der Waals surface area contributed by atoms with Crippen molar-refractivity contribution in [2.24, 2.45) is 0 Å². The number of carbonyl (C=O) groups is 1. The maximum absolute atomic E-state index is 10.7. The van der Waals surface area contributed by atoms with Crippen LogP contribution < -0.4 is 4.90 Å². The van der Waals surface area contributed by atoms with Crippen molar-refractivity contribution < 1.29 is 9.90 Å². The molecule has 0 saturated carbocycles. The second-order valence-electron chi connectivity index (χ2n) is 5.20. The van der Waals surface area contributed by atoms with E-state index in [-0.39, 0.29) is 0 Å². The fourth-order valence-corrected chi connectivity index (χ4v) is 2.82. The zero-order valence-electron chi connectivity index (χ0n) is 12.3. The SMILES string of the molecule is CCCN1CCN(c2ccc(Cl)cc2/C=C/C(=O)O)CC1. The van der Waals surface area contributed by atoms with Crippen LogP contribution in [0.3, 0.4) is 0 Å². The summed E-state index contributed by atoms with van der Waals surface area (Å²) in [7, 11) is 0. The minimum atomic E-state index is -0.950. The first kappa shape index (κ1) is 15.9. The molecule has 114 valence electrons. The topological polar surface area (TPSA) is 43.8 Å². The Labute approximate surface area is 130 Å². The Morgan fingerprint density at radius 3 is 2.67 bits per heavy atom. The Kier molecular flexibility index (Phi) is 5.65. The van der Waals surface area contributed by atoms with Gasteiger partial charge in [0.25, 0.3) is 0 Å². The molecule has 0 bridgehead atoms. The number of benzene rings is 1. The Morgan fingerprint density at radius 1 is 1.33 bits per heavy atom. The smallest absolute Gasteiger partial charge is 0.328 e. The van der Waals surface area contributed by atoms with E-state index in [0.29, 0.717) is 5.02 Å². The summed E-state index contributed by atoms with van der Waals surface area (Å²) in [5, 5.41) is 9.42. The van der Waals surface area contributed by atoms with E-state index in [1.807, 2.05) is 18.2 Å². The van der Waals surface area contributed by atoms with Gasteiger partial charge in [-0.1, -0.05) is 18.5 Å². The summed E-state index contributed by atoms with van der Waals surface area (Å²) in [5.74, 6) is -0.950. The van der Waals surface area contributed by atoms with Crippen LogP contribution in [0, 0.1) is 0 Å². The lowest BCUT2D eigenvalue weighted by atomic mass is 10.1. The van der Waals surface area contributed by atoms with Crippen molar-refractivity contribution in [1.29, 1.82) is 0 Å². The summed E-state index contributed by atoms with van der Waals surface area (Å²) >= 11 is 6.03. The zero-order valence-corrected chi connectivity index (χ0v) is 13.0. The van der Waals surface area contributed by atoms with Gasteiger partial charge >= 0.3 is 5.97 Å². The van der Waals surface area contributed by atoms with Crippen molar-refractivity contribution in [3.63, 3.8) is 0 Å². The van der Waals surface area contributed by atoms with Gasteiger partial charge in [0, 0.05) is 43.0 Å². The van der Waals surface area contributed by atoms with Gasteiger partial charge in [-0.3, -0.25) is 4.90 Å². The molecule has 1 saturated heterocycles. The Balaban J connectivity index is 2.14. The van der Waals surface area contributed by atoms with Crippen LogP contribution in [0.25, 0.3) is 6.08 Å². The first-order chi connectivity index (χ1) is 10.1. The molecular formula is C16H21ClN2O2. The van der Waals surface area contributed by atoms with Crippen LogP contribution in [0.5, 0.6) is 0 Å². The molecule has 1 aliphatic rings. The van der Waals surface area contributed by atoms with Crippen molar-refractivity contribution in [3.8, 4) is 0 Å². The molecule has 0 aromatic heterocycles. The van der Waals surface area contributed by atoms with Gasteiger partial charge in [0.2, 0.25) is 0 Å². The van der Waals surface area contributed by atoms with Crippen LogP contribution in [-0.2, 0) is 4.79 Å². The number of hydrogen-bond donors (Lipinski definition) is 1.